The number of rotatable bonds is 8. The van der Waals surface area contributed by atoms with Crippen LogP contribution in [0.1, 0.15) is 43.6 Å². The SMILES string of the molecule is CCCN(CCC)Cc1nc2c(c(=O)[nH]c(=O)n2C)n1Cc1ccccc1C. The lowest BCUT2D eigenvalue weighted by molar-refractivity contribution is 0.257. The second-order valence-electron chi connectivity index (χ2n) is 7.31. The Morgan fingerprint density at radius 2 is 1.79 bits per heavy atom. The maximum Gasteiger partial charge on any atom is 0.329 e. The molecule has 0 aliphatic carbocycles. The van der Waals surface area contributed by atoms with Gasteiger partial charge in [-0.2, -0.15) is 0 Å². The second-order valence-corrected chi connectivity index (χ2v) is 7.31. The average molecular weight is 383 g/mol. The van der Waals surface area contributed by atoms with E-state index >= 15 is 0 Å². The molecule has 3 aromatic rings. The summed E-state index contributed by atoms with van der Waals surface area (Å²) < 4.78 is 3.38. The molecular weight excluding hydrogens is 354 g/mol. The number of aryl methyl sites for hydroxylation is 2. The van der Waals surface area contributed by atoms with Gasteiger partial charge in [0.15, 0.2) is 11.2 Å². The van der Waals surface area contributed by atoms with Crippen LogP contribution < -0.4 is 11.2 Å². The Labute approximate surface area is 164 Å². The summed E-state index contributed by atoms with van der Waals surface area (Å²) in [6.45, 7) is 9.52. The van der Waals surface area contributed by atoms with Crippen LogP contribution in [-0.2, 0) is 20.1 Å². The van der Waals surface area contributed by atoms with E-state index in [4.69, 9.17) is 4.98 Å². The molecule has 150 valence electrons. The fourth-order valence-corrected chi connectivity index (χ4v) is 3.63. The van der Waals surface area contributed by atoms with E-state index in [2.05, 4.69) is 42.8 Å². The normalized spacial score (nSPS) is 11.6. The first-order valence-corrected chi connectivity index (χ1v) is 9.91. The van der Waals surface area contributed by atoms with Crippen molar-refractivity contribution in [1.82, 2.24) is 24.0 Å². The van der Waals surface area contributed by atoms with Gasteiger partial charge in [-0.15, -0.1) is 0 Å². The highest BCUT2D eigenvalue weighted by atomic mass is 16.2. The number of nitrogens with zero attached hydrogens (tertiary/aromatic N) is 4. The number of nitrogens with one attached hydrogen (secondary N) is 1. The molecule has 0 bridgehead atoms. The first-order chi connectivity index (χ1) is 13.5. The largest absolute Gasteiger partial charge is 0.329 e. The molecule has 0 atom stereocenters. The van der Waals surface area contributed by atoms with Crippen molar-refractivity contribution in [2.24, 2.45) is 7.05 Å². The van der Waals surface area contributed by atoms with Gasteiger partial charge in [0, 0.05) is 13.6 Å². The smallest absolute Gasteiger partial charge is 0.317 e. The highest BCUT2D eigenvalue weighted by molar-refractivity contribution is 5.71. The number of imidazole rings is 1. The summed E-state index contributed by atoms with van der Waals surface area (Å²) in [6, 6.07) is 8.14. The van der Waals surface area contributed by atoms with Crippen molar-refractivity contribution < 1.29 is 0 Å². The van der Waals surface area contributed by atoms with Gasteiger partial charge < -0.3 is 4.57 Å². The van der Waals surface area contributed by atoms with Crippen LogP contribution in [-0.4, -0.2) is 37.1 Å². The highest BCUT2D eigenvalue weighted by Gasteiger charge is 2.19. The van der Waals surface area contributed by atoms with Crippen LogP contribution in [0.5, 0.6) is 0 Å². The monoisotopic (exact) mass is 383 g/mol. The van der Waals surface area contributed by atoms with Crippen LogP contribution in [0.3, 0.4) is 0 Å². The molecule has 3 rings (SSSR count). The molecule has 2 aromatic heterocycles. The summed E-state index contributed by atoms with van der Waals surface area (Å²) in [7, 11) is 1.64. The number of hydrogen-bond donors (Lipinski definition) is 1. The van der Waals surface area contributed by atoms with E-state index in [1.165, 1.54) is 4.57 Å². The molecule has 0 saturated heterocycles. The molecule has 0 saturated carbocycles. The van der Waals surface area contributed by atoms with Crippen LogP contribution in [0.2, 0.25) is 0 Å². The van der Waals surface area contributed by atoms with Gasteiger partial charge in [-0.3, -0.25) is 19.2 Å². The van der Waals surface area contributed by atoms with Crippen molar-refractivity contribution in [3.63, 3.8) is 0 Å². The molecule has 1 aromatic carbocycles. The first kappa shape index (κ1) is 20.1. The maximum absolute atomic E-state index is 12.7. The lowest BCUT2D eigenvalue weighted by atomic mass is 10.1. The Balaban J connectivity index is 2.17. The van der Waals surface area contributed by atoms with E-state index in [0.717, 1.165) is 42.9 Å². The van der Waals surface area contributed by atoms with Gasteiger partial charge in [0.05, 0.1) is 6.54 Å². The van der Waals surface area contributed by atoms with Gasteiger partial charge >= 0.3 is 5.69 Å². The van der Waals surface area contributed by atoms with Gasteiger partial charge in [-0.1, -0.05) is 38.1 Å². The standard InChI is InChI=1S/C21H29N5O2/c1-5-11-25(12-6-2)14-17-22-19-18(20(27)23-21(28)24(19)4)26(17)13-16-10-8-7-9-15(16)3/h7-10H,5-6,11-14H2,1-4H3,(H,23,27,28). The van der Waals surface area contributed by atoms with Crippen LogP contribution in [0, 0.1) is 6.92 Å². The molecule has 0 fully saturated rings. The molecule has 7 nitrogen and oxygen atoms in total. The zero-order chi connectivity index (χ0) is 20.3. The number of aromatic nitrogens is 4. The van der Waals surface area contributed by atoms with E-state index in [9.17, 15) is 9.59 Å². The van der Waals surface area contributed by atoms with Crippen molar-refractivity contribution in [2.45, 2.75) is 46.7 Å². The molecule has 1 N–H and O–H groups in total. The van der Waals surface area contributed by atoms with Crippen LogP contribution >= 0.6 is 0 Å². The topological polar surface area (TPSA) is 75.9 Å². The maximum atomic E-state index is 12.7. The minimum absolute atomic E-state index is 0.386. The number of aromatic amines is 1. The molecule has 0 unspecified atom stereocenters. The third kappa shape index (κ3) is 3.94. The lowest BCUT2D eigenvalue weighted by Crippen LogP contribution is -2.29. The lowest BCUT2D eigenvalue weighted by Gasteiger charge is -2.21. The molecule has 0 amide bonds. The van der Waals surface area contributed by atoms with E-state index in [1.807, 2.05) is 16.7 Å². The number of hydrogen-bond acceptors (Lipinski definition) is 4. The minimum atomic E-state index is -0.441. The molecule has 7 heteroatoms. The van der Waals surface area contributed by atoms with Crippen molar-refractivity contribution in [3.8, 4) is 0 Å². The Kier molecular flexibility index (Phi) is 6.14. The van der Waals surface area contributed by atoms with Gasteiger partial charge in [0.2, 0.25) is 0 Å². The fraction of sp³-hybridized carbons (Fsp3) is 0.476. The Hall–Kier alpha value is -2.67. The summed E-state index contributed by atoms with van der Waals surface area (Å²) in [5, 5.41) is 0. The summed E-state index contributed by atoms with van der Waals surface area (Å²) in [5.74, 6) is 0.812. The van der Waals surface area contributed by atoms with E-state index in [-0.39, 0.29) is 5.56 Å². The predicted octanol–water partition coefficient (Wildman–Crippen LogP) is 2.40. The van der Waals surface area contributed by atoms with Crippen LogP contribution in [0.4, 0.5) is 0 Å². The second kappa shape index (κ2) is 8.56. The number of H-pyrrole nitrogens is 1. The van der Waals surface area contributed by atoms with Gasteiger partial charge in [-0.25, -0.2) is 9.78 Å². The molecule has 0 radical (unpaired) electrons. The zero-order valence-electron chi connectivity index (χ0n) is 17.2. The van der Waals surface area contributed by atoms with Crippen molar-refractivity contribution in [3.05, 3.63) is 62.1 Å². The van der Waals surface area contributed by atoms with Crippen molar-refractivity contribution in [2.75, 3.05) is 13.1 Å². The van der Waals surface area contributed by atoms with Crippen LogP contribution in [0.15, 0.2) is 33.9 Å². The summed E-state index contributed by atoms with van der Waals surface area (Å²) in [6.07, 6.45) is 2.11. The minimum Gasteiger partial charge on any atom is -0.317 e. The summed E-state index contributed by atoms with van der Waals surface area (Å²) in [5.41, 5.74) is 2.36. The number of fused-ring (bicyclic) bond motifs is 1. The average Bonchev–Trinajstić information content (AvgIpc) is 3.01. The van der Waals surface area contributed by atoms with E-state index < -0.39 is 5.69 Å². The van der Waals surface area contributed by atoms with E-state index in [0.29, 0.717) is 24.3 Å². The Bertz CT molecular complexity index is 1070. The van der Waals surface area contributed by atoms with Gasteiger partial charge in [-0.05, 0) is 44.0 Å². The molecule has 0 aliphatic heterocycles. The summed E-state index contributed by atoms with van der Waals surface area (Å²) >= 11 is 0. The first-order valence-electron chi connectivity index (χ1n) is 9.91. The quantitative estimate of drug-likeness (QED) is 0.648. The summed E-state index contributed by atoms with van der Waals surface area (Å²) in [4.78, 5) is 34.2. The third-order valence-corrected chi connectivity index (χ3v) is 5.12. The fourth-order valence-electron chi connectivity index (χ4n) is 3.63. The highest BCUT2D eigenvalue weighted by Crippen LogP contribution is 2.17. The Morgan fingerprint density at radius 3 is 2.43 bits per heavy atom. The molecule has 2 heterocycles. The molecule has 0 aliphatic rings. The molecular formula is C21H29N5O2. The third-order valence-electron chi connectivity index (χ3n) is 5.12. The van der Waals surface area contributed by atoms with Crippen LogP contribution in [0.25, 0.3) is 11.2 Å². The van der Waals surface area contributed by atoms with Gasteiger partial charge in [0.25, 0.3) is 5.56 Å². The van der Waals surface area contributed by atoms with E-state index in [1.54, 1.807) is 7.05 Å². The molecule has 0 spiro atoms. The van der Waals surface area contributed by atoms with Crippen molar-refractivity contribution >= 4 is 11.2 Å². The Morgan fingerprint density at radius 1 is 1.11 bits per heavy atom. The van der Waals surface area contributed by atoms with Crippen molar-refractivity contribution in [1.29, 1.82) is 0 Å². The van der Waals surface area contributed by atoms with Gasteiger partial charge in [0.1, 0.15) is 5.82 Å². The number of benzene rings is 1. The predicted molar refractivity (Wildman–Crippen MR) is 112 cm³/mol. The molecule has 28 heavy (non-hydrogen) atoms. The zero-order valence-corrected chi connectivity index (χ0v) is 17.2.